The SMILES string of the molecule is CC1CCCC(NC(=NCC(=O)N(C)C)NC2CCN(Cc3ccccc3)CC2)C1.I. The van der Waals surface area contributed by atoms with E-state index in [1.807, 2.05) is 0 Å². The van der Waals surface area contributed by atoms with Crippen LogP contribution in [0, 0.1) is 5.92 Å². The number of amides is 1. The zero-order valence-electron chi connectivity index (χ0n) is 19.3. The first-order valence-corrected chi connectivity index (χ1v) is 11.5. The molecule has 1 aliphatic carbocycles. The van der Waals surface area contributed by atoms with Gasteiger partial charge in [0, 0.05) is 45.8 Å². The fourth-order valence-electron chi connectivity index (χ4n) is 4.45. The molecule has 174 valence electrons. The fraction of sp³-hybridized carbons (Fsp3) is 0.667. The van der Waals surface area contributed by atoms with Gasteiger partial charge in [-0.3, -0.25) is 9.69 Å². The smallest absolute Gasteiger partial charge is 0.243 e. The van der Waals surface area contributed by atoms with Crippen LogP contribution in [-0.4, -0.2) is 67.5 Å². The average Bonchev–Trinajstić information content (AvgIpc) is 2.74. The summed E-state index contributed by atoms with van der Waals surface area (Å²) in [6, 6.07) is 11.5. The number of likely N-dealkylation sites (N-methyl/N-ethyl adjacent to an activating group) is 1. The maximum Gasteiger partial charge on any atom is 0.243 e. The minimum Gasteiger partial charge on any atom is -0.354 e. The van der Waals surface area contributed by atoms with Crippen molar-refractivity contribution in [3.05, 3.63) is 35.9 Å². The highest BCUT2D eigenvalue weighted by atomic mass is 127. The first-order valence-electron chi connectivity index (χ1n) is 11.5. The van der Waals surface area contributed by atoms with Gasteiger partial charge in [-0.1, -0.05) is 50.1 Å². The van der Waals surface area contributed by atoms with Crippen molar-refractivity contribution in [1.82, 2.24) is 20.4 Å². The molecule has 6 nitrogen and oxygen atoms in total. The van der Waals surface area contributed by atoms with Crippen molar-refractivity contribution in [2.24, 2.45) is 10.9 Å². The molecule has 7 heteroatoms. The molecule has 0 radical (unpaired) electrons. The quantitative estimate of drug-likeness (QED) is 0.329. The summed E-state index contributed by atoms with van der Waals surface area (Å²) in [5, 5.41) is 7.27. The molecule has 0 aromatic heterocycles. The first kappa shape index (κ1) is 25.9. The molecule has 1 heterocycles. The number of piperidine rings is 1. The van der Waals surface area contributed by atoms with Crippen molar-refractivity contribution in [3.8, 4) is 0 Å². The van der Waals surface area contributed by atoms with Gasteiger partial charge in [0.1, 0.15) is 6.54 Å². The summed E-state index contributed by atoms with van der Waals surface area (Å²) in [6.07, 6.45) is 7.13. The fourth-order valence-corrected chi connectivity index (χ4v) is 4.45. The molecule has 2 N–H and O–H groups in total. The van der Waals surface area contributed by atoms with Crippen LogP contribution in [0.1, 0.15) is 51.0 Å². The van der Waals surface area contributed by atoms with Crippen LogP contribution in [0.25, 0.3) is 0 Å². The number of halogens is 1. The molecule has 0 bridgehead atoms. The summed E-state index contributed by atoms with van der Waals surface area (Å²) < 4.78 is 0. The third kappa shape index (κ3) is 8.96. The van der Waals surface area contributed by atoms with E-state index in [9.17, 15) is 4.79 Å². The van der Waals surface area contributed by atoms with Gasteiger partial charge in [-0.05, 0) is 37.2 Å². The average molecular weight is 542 g/mol. The van der Waals surface area contributed by atoms with E-state index in [-0.39, 0.29) is 36.4 Å². The van der Waals surface area contributed by atoms with Crippen molar-refractivity contribution in [2.45, 2.75) is 64.1 Å². The molecule has 1 saturated heterocycles. The molecule has 3 rings (SSSR count). The lowest BCUT2D eigenvalue weighted by molar-refractivity contribution is -0.127. The van der Waals surface area contributed by atoms with E-state index in [2.05, 4.69) is 57.8 Å². The molecule has 1 aromatic carbocycles. The number of carbonyl (C=O) groups excluding carboxylic acids is 1. The van der Waals surface area contributed by atoms with Crippen molar-refractivity contribution < 1.29 is 4.79 Å². The van der Waals surface area contributed by atoms with E-state index in [4.69, 9.17) is 0 Å². The third-order valence-corrected chi connectivity index (χ3v) is 6.33. The summed E-state index contributed by atoms with van der Waals surface area (Å²) in [5.74, 6) is 1.60. The number of benzene rings is 1. The van der Waals surface area contributed by atoms with Gasteiger partial charge in [0.15, 0.2) is 5.96 Å². The summed E-state index contributed by atoms with van der Waals surface area (Å²) >= 11 is 0. The molecule has 1 aromatic rings. The van der Waals surface area contributed by atoms with E-state index in [1.165, 1.54) is 31.2 Å². The molecule has 1 saturated carbocycles. The van der Waals surface area contributed by atoms with Gasteiger partial charge < -0.3 is 15.5 Å². The van der Waals surface area contributed by atoms with Gasteiger partial charge in [-0.25, -0.2) is 4.99 Å². The molecule has 1 amide bonds. The summed E-state index contributed by atoms with van der Waals surface area (Å²) in [5.41, 5.74) is 1.38. The summed E-state index contributed by atoms with van der Waals surface area (Å²) in [4.78, 5) is 20.8. The Bertz CT molecular complexity index is 688. The number of guanidine groups is 1. The minimum atomic E-state index is 0. The number of nitrogens with zero attached hydrogens (tertiary/aromatic N) is 3. The highest BCUT2D eigenvalue weighted by Gasteiger charge is 2.23. The Morgan fingerprint density at radius 1 is 1.06 bits per heavy atom. The Hall–Kier alpha value is -1.35. The van der Waals surface area contributed by atoms with E-state index >= 15 is 0 Å². The van der Waals surface area contributed by atoms with Crippen LogP contribution in [0.4, 0.5) is 0 Å². The normalized spacial score (nSPS) is 23.0. The van der Waals surface area contributed by atoms with Crippen LogP contribution >= 0.6 is 24.0 Å². The van der Waals surface area contributed by atoms with Gasteiger partial charge in [0.05, 0.1) is 0 Å². The number of aliphatic imine (C=N–C) groups is 1. The van der Waals surface area contributed by atoms with Crippen LogP contribution in [0.2, 0.25) is 0 Å². The molecule has 31 heavy (non-hydrogen) atoms. The van der Waals surface area contributed by atoms with Crippen LogP contribution in [0.3, 0.4) is 0 Å². The number of nitrogens with one attached hydrogen (secondary N) is 2. The molecule has 2 aliphatic rings. The van der Waals surface area contributed by atoms with E-state index in [0.717, 1.165) is 44.4 Å². The highest BCUT2D eigenvalue weighted by molar-refractivity contribution is 14.0. The molecule has 2 unspecified atom stereocenters. The van der Waals surface area contributed by atoms with E-state index < -0.39 is 0 Å². The second-order valence-corrected chi connectivity index (χ2v) is 9.25. The lowest BCUT2D eigenvalue weighted by Crippen LogP contribution is -2.51. The standard InChI is InChI=1S/C24H39N5O.HI/c1-19-8-7-11-22(16-19)27-24(25-17-23(30)28(2)3)26-21-12-14-29(15-13-21)18-20-9-5-4-6-10-20;/h4-6,9-10,19,21-22H,7-8,11-18H2,1-3H3,(H2,25,26,27);1H. The second kappa shape index (κ2) is 13.3. The zero-order valence-corrected chi connectivity index (χ0v) is 21.7. The Balaban J connectivity index is 0.00000341. The number of likely N-dealkylation sites (tertiary alicyclic amines) is 1. The van der Waals surface area contributed by atoms with Gasteiger partial charge in [0.25, 0.3) is 0 Å². The lowest BCUT2D eigenvalue weighted by atomic mass is 9.87. The topological polar surface area (TPSA) is 60.0 Å². The van der Waals surface area contributed by atoms with Gasteiger partial charge >= 0.3 is 0 Å². The van der Waals surface area contributed by atoms with Gasteiger partial charge in [-0.2, -0.15) is 0 Å². The molecule has 2 atom stereocenters. The molecule has 2 fully saturated rings. The van der Waals surface area contributed by atoms with Crippen molar-refractivity contribution in [2.75, 3.05) is 33.7 Å². The Morgan fingerprint density at radius 2 is 1.74 bits per heavy atom. The zero-order chi connectivity index (χ0) is 21.3. The van der Waals surface area contributed by atoms with E-state index in [1.54, 1.807) is 19.0 Å². The summed E-state index contributed by atoms with van der Waals surface area (Å²) in [6.45, 7) is 5.70. The first-order chi connectivity index (χ1) is 14.5. The summed E-state index contributed by atoms with van der Waals surface area (Å²) in [7, 11) is 3.56. The Kier molecular flexibility index (Phi) is 11.1. The molecular weight excluding hydrogens is 501 g/mol. The maximum absolute atomic E-state index is 12.1. The van der Waals surface area contributed by atoms with Crippen molar-refractivity contribution in [3.63, 3.8) is 0 Å². The number of hydrogen-bond donors (Lipinski definition) is 2. The Morgan fingerprint density at radius 3 is 2.39 bits per heavy atom. The molecule has 1 aliphatic heterocycles. The van der Waals surface area contributed by atoms with Crippen LogP contribution < -0.4 is 10.6 Å². The second-order valence-electron chi connectivity index (χ2n) is 9.25. The predicted octanol–water partition coefficient (Wildman–Crippen LogP) is 3.47. The Labute approximate surface area is 205 Å². The molecule has 0 spiro atoms. The van der Waals surface area contributed by atoms with Gasteiger partial charge in [0.2, 0.25) is 5.91 Å². The van der Waals surface area contributed by atoms with Crippen molar-refractivity contribution >= 4 is 35.8 Å². The number of hydrogen-bond acceptors (Lipinski definition) is 3. The largest absolute Gasteiger partial charge is 0.354 e. The minimum absolute atomic E-state index is 0. The maximum atomic E-state index is 12.1. The number of rotatable bonds is 6. The third-order valence-electron chi connectivity index (χ3n) is 6.33. The number of carbonyl (C=O) groups is 1. The van der Waals surface area contributed by atoms with Gasteiger partial charge in [-0.15, -0.1) is 24.0 Å². The van der Waals surface area contributed by atoms with Crippen LogP contribution in [-0.2, 0) is 11.3 Å². The monoisotopic (exact) mass is 541 g/mol. The highest BCUT2D eigenvalue weighted by Crippen LogP contribution is 2.23. The predicted molar refractivity (Wildman–Crippen MR) is 139 cm³/mol. The molecular formula is C24H40IN5O. The lowest BCUT2D eigenvalue weighted by Gasteiger charge is -2.34. The van der Waals surface area contributed by atoms with E-state index in [0.29, 0.717) is 12.1 Å². The van der Waals surface area contributed by atoms with Crippen molar-refractivity contribution in [1.29, 1.82) is 0 Å². The van der Waals surface area contributed by atoms with Crippen LogP contribution in [0.15, 0.2) is 35.3 Å². The van der Waals surface area contributed by atoms with Crippen LogP contribution in [0.5, 0.6) is 0 Å².